The average Bonchev–Trinajstić information content (AvgIpc) is 3.38. The number of furan rings is 1. The molecule has 0 aliphatic carbocycles. The maximum atomic E-state index is 12.6. The fourth-order valence-electron chi connectivity index (χ4n) is 4.13. The second-order valence-corrected chi connectivity index (χ2v) is 9.01. The molecular formula is C23H22Cl2N4O3. The van der Waals surface area contributed by atoms with Crippen molar-refractivity contribution in [2.24, 2.45) is 0 Å². The molecule has 166 valence electrons. The summed E-state index contributed by atoms with van der Waals surface area (Å²) in [6.07, 6.45) is 0.857. The molecule has 1 aliphatic heterocycles. The van der Waals surface area contributed by atoms with Crippen LogP contribution >= 0.6 is 23.2 Å². The fraction of sp³-hybridized carbons (Fsp3) is 0.304. The number of fused-ring (bicyclic) bond motifs is 2. The first-order valence-corrected chi connectivity index (χ1v) is 11.3. The Hall–Kier alpha value is -2.58. The van der Waals surface area contributed by atoms with Crippen molar-refractivity contribution in [2.45, 2.75) is 25.0 Å². The van der Waals surface area contributed by atoms with Crippen LogP contribution < -0.4 is 5.32 Å². The van der Waals surface area contributed by atoms with E-state index in [9.17, 15) is 9.90 Å². The van der Waals surface area contributed by atoms with Crippen LogP contribution in [0.25, 0.3) is 22.0 Å². The zero-order valence-electron chi connectivity index (χ0n) is 17.1. The van der Waals surface area contributed by atoms with Crippen molar-refractivity contribution in [3.05, 3.63) is 64.1 Å². The zero-order valence-corrected chi connectivity index (χ0v) is 18.7. The predicted octanol–water partition coefficient (Wildman–Crippen LogP) is 4.54. The number of carbonyl (C=O) groups is 1. The smallest absolute Gasteiger partial charge is 0.287 e. The van der Waals surface area contributed by atoms with Gasteiger partial charge in [0.05, 0.1) is 11.0 Å². The molecule has 1 saturated heterocycles. The number of aliphatic hydroxyl groups excluding tert-OH is 1. The third-order valence-electron chi connectivity index (χ3n) is 5.84. The van der Waals surface area contributed by atoms with Crippen LogP contribution in [0.1, 0.15) is 35.3 Å². The van der Waals surface area contributed by atoms with E-state index in [4.69, 9.17) is 27.6 Å². The van der Waals surface area contributed by atoms with Crippen LogP contribution in [0.3, 0.4) is 0 Å². The Labute approximate surface area is 194 Å². The molecule has 3 heterocycles. The van der Waals surface area contributed by atoms with Crippen LogP contribution in [-0.4, -0.2) is 51.6 Å². The van der Waals surface area contributed by atoms with E-state index in [1.54, 1.807) is 30.3 Å². The van der Waals surface area contributed by atoms with Gasteiger partial charge in [0.2, 0.25) is 0 Å². The molecule has 0 spiro atoms. The maximum absolute atomic E-state index is 12.6. The van der Waals surface area contributed by atoms with Crippen LogP contribution in [-0.2, 0) is 0 Å². The molecule has 4 aromatic rings. The van der Waals surface area contributed by atoms with Crippen molar-refractivity contribution in [3.63, 3.8) is 0 Å². The molecule has 1 aliphatic rings. The second kappa shape index (κ2) is 8.75. The number of hydrogen-bond donors (Lipinski definition) is 3. The van der Waals surface area contributed by atoms with Crippen LogP contribution in [0.15, 0.2) is 46.9 Å². The lowest BCUT2D eigenvalue weighted by atomic mass is 10.0. The lowest BCUT2D eigenvalue weighted by molar-refractivity contribution is 0.0752. The molecule has 0 radical (unpaired) electrons. The van der Waals surface area contributed by atoms with Crippen LogP contribution in [0.5, 0.6) is 0 Å². The minimum absolute atomic E-state index is 0.0565. The molecule has 0 saturated carbocycles. The number of nitrogens with zero attached hydrogens (tertiary/aromatic N) is 2. The molecule has 2 aromatic carbocycles. The Morgan fingerprint density at radius 3 is 2.75 bits per heavy atom. The van der Waals surface area contributed by atoms with Crippen LogP contribution in [0.2, 0.25) is 10.0 Å². The monoisotopic (exact) mass is 472 g/mol. The minimum Gasteiger partial charge on any atom is -0.458 e. The molecule has 1 fully saturated rings. The van der Waals surface area contributed by atoms with Gasteiger partial charge < -0.3 is 24.7 Å². The van der Waals surface area contributed by atoms with Gasteiger partial charge in [-0.3, -0.25) is 4.79 Å². The van der Waals surface area contributed by atoms with E-state index in [-0.39, 0.29) is 17.8 Å². The van der Waals surface area contributed by atoms with Gasteiger partial charge in [-0.1, -0.05) is 23.2 Å². The summed E-state index contributed by atoms with van der Waals surface area (Å²) in [5.74, 6) is 0.588. The standard InChI is InChI=1S/C23H22Cl2N4O3/c24-14-3-4-17-18(10-14)28-22(27-17)23(31)26-16-5-7-29(8-6-16)12-19(30)21-9-13-1-2-15(25)11-20(13)32-21/h1-4,9-11,16,19,30H,5-8,12H2,(H,26,31)(H,27,28). The zero-order chi connectivity index (χ0) is 22.2. The molecule has 1 unspecified atom stereocenters. The van der Waals surface area contributed by atoms with Gasteiger partial charge in [0.1, 0.15) is 17.4 Å². The summed E-state index contributed by atoms with van der Waals surface area (Å²) >= 11 is 12.0. The molecule has 32 heavy (non-hydrogen) atoms. The summed E-state index contributed by atoms with van der Waals surface area (Å²) in [5, 5.41) is 15.8. The molecular weight excluding hydrogens is 451 g/mol. The molecule has 1 amide bonds. The lowest BCUT2D eigenvalue weighted by Crippen LogP contribution is -2.45. The summed E-state index contributed by atoms with van der Waals surface area (Å²) in [6, 6.07) is 12.6. The number of hydrogen-bond acceptors (Lipinski definition) is 5. The summed E-state index contributed by atoms with van der Waals surface area (Å²) in [6.45, 7) is 2.01. The molecule has 0 bridgehead atoms. The van der Waals surface area contributed by atoms with Crippen LogP contribution in [0, 0.1) is 0 Å². The molecule has 3 N–H and O–H groups in total. The third kappa shape index (κ3) is 4.47. The van der Waals surface area contributed by atoms with Gasteiger partial charge in [-0.15, -0.1) is 0 Å². The van der Waals surface area contributed by atoms with E-state index in [0.717, 1.165) is 36.8 Å². The first kappa shape index (κ1) is 21.3. The summed E-state index contributed by atoms with van der Waals surface area (Å²) < 4.78 is 5.77. The Morgan fingerprint density at radius 2 is 1.94 bits per heavy atom. The molecule has 2 aromatic heterocycles. The summed E-state index contributed by atoms with van der Waals surface area (Å²) in [5.41, 5.74) is 2.11. The number of aromatic nitrogens is 2. The van der Waals surface area contributed by atoms with E-state index < -0.39 is 6.10 Å². The van der Waals surface area contributed by atoms with Gasteiger partial charge in [-0.25, -0.2) is 4.98 Å². The van der Waals surface area contributed by atoms with E-state index in [2.05, 4.69) is 20.2 Å². The van der Waals surface area contributed by atoms with Gasteiger partial charge in [-0.05, 0) is 49.2 Å². The normalized spacial score (nSPS) is 16.6. The Bertz CT molecular complexity index is 1280. The highest BCUT2D eigenvalue weighted by molar-refractivity contribution is 6.31. The molecule has 7 nitrogen and oxygen atoms in total. The number of piperidine rings is 1. The Morgan fingerprint density at radius 1 is 1.19 bits per heavy atom. The van der Waals surface area contributed by atoms with Gasteiger partial charge >= 0.3 is 0 Å². The number of benzene rings is 2. The van der Waals surface area contributed by atoms with Gasteiger partial charge in [0.25, 0.3) is 5.91 Å². The number of aliphatic hydroxyl groups is 1. The van der Waals surface area contributed by atoms with Gasteiger partial charge in [0, 0.05) is 47.2 Å². The number of aromatic amines is 1. The third-order valence-corrected chi connectivity index (χ3v) is 6.31. The predicted molar refractivity (Wildman–Crippen MR) is 124 cm³/mol. The van der Waals surface area contributed by atoms with Crippen molar-refractivity contribution in [2.75, 3.05) is 19.6 Å². The number of imidazole rings is 1. The lowest BCUT2D eigenvalue weighted by Gasteiger charge is -2.33. The number of nitrogens with one attached hydrogen (secondary N) is 2. The quantitative estimate of drug-likeness (QED) is 0.396. The van der Waals surface area contributed by atoms with Crippen molar-refractivity contribution < 1.29 is 14.3 Å². The topological polar surface area (TPSA) is 94.4 Å². The van der Waals surface area contributed by atoms with E-state index in [1.165, 1.54) is 0 Å². The van der Waals surface area contributed by atoms with E-state index in [0.29, 0.717) is 33.4 Å². The number of H-pyrrole nitrogens is 1. The number of β-amino-alcohol motifs (C(OH)–C–C–N with tert-alkyl or cyclic N) is 1. The highest BCUT2D eigenvalue weighted by Gasteiger charge is 2.25. The van der Waals surface area contributed by atoms with E-state index in [1.807, 2.05) is 12.1 Å². The van der Waals surface area contributed by atoms with Gasteiger partial charge in [0.15, 0.2) is 5.82 Å². The van der Waals surface area contributed by atoms with Crippen LogP contribution in [0.4, 0.5) is 0 Å². The highest BCUT2D eigenvalue weighted by Crippen LogP contribution is 2.27. The number of likely N-dealkylation sites (tertiary alicyclic amines) is 1. The summed E-state index contributed by atoms with van der Waals surface area (Å²) in [4.78, 5) is 22.2. The number of rotatable bonds is 5. The highest BCUT2D eigenvalue weighted by atomic mass is 35.5. The maximum Gasteiger partial charge on any atom is 0.287 e. The van der Waals surface area contributed by atoms with Crippen molar-refractivity contribution in [1.82, 2.24) is 20.2 Å². The number of halogens is 2. The minimum atomic E-state index is -0.727. The Balaban J connectivity index is 1.15. The fourth-order valence-corrected chi connectivity index (χ4v) is 4.46. The summed E-state index contributed by atoms with van der Waals surface area (Å²) in [7, 11) is 0. The average molecular weight is 473 g/mol. The first-order valence-electron chi connectivity index (χ1n) is 10.5. The Kier molecular flexibility index (Phi) is 5.82. The molecule has 5 rings (SSSR count). The van der Waals surface area contributed by atoms with Gasteiger partial charge in [-0.2, -0.15) is 0 Å². The first-order chi connectivity index (χ1) is 15.4. The number of carbonyl (C=O) groups excluding carboxylic acids is 1. The van der Waals surface area contributed by atoms with Crippen molar-refractivity contribution in [3.8, 4) is 0 Å². The molecule has 9 heteroatoms. The SMILES string of the molecule is O=C(NC1CCN(CC(O)c2cc3ccc(Cl)cc3o2)CC1)c1nc2ccc(Cl)cc2[nH]1. The molecule has 1 atom stereocenters. The van der Waals surface area contributed by atoms with Crippen molar-refractivity contribution in [1.29, 1.82) is 0 Å². The second-order valence-electron chi connectivity index (χ2n) is 8.14. The van der Waals surface area contributed by atoms with Crippen molar-refractivity contribution >= 4 is 51.1 Å². The largest absolute Gasteiger partial charge is 0.458 e. The van der Waals surface area contributed by atoms with E-state index >= 15 is 0 Å². The number of amides is 1.